The summed E-state index contributed by atoms with van der Waals surface area (Å²) in [4.78, 5) is 0. The number of hydrogen-bond acceptors (Lipinski definition) is 2. The van der Waals surface area contributed by atoms with Crippen molar-refractivity contribution in [2.24, 2.45) is 7.05 Å². The van der Waals surface area contributed by atoms with Crippen molar-refractivity contribution in [2.45, 2.75) is 18.8 Å². The summed E-state index contributed by atoms with van der Waals surface area (Å²) in [5.41, 5.74) is 3.41. The Morgan fingerprint density at radius 1 is 1.32 bits per heavy atom. The molecule has 1 aliphatic heterocycles. The van der Waals surface area contributed by atoms with Gasteiger partial charge in [0.2, 0.25) is 0 Å². The molecule has 1 aliphatic rings. The molecule has 0 spiro atoms. The number of piperidine rings is 1. The molecule has 2 heterocycles. The summed E-state index contributed by atoms with van der Waals surface area (Å²) >= 11 is 0. The van der Waals surface area contributed by atoms with E-state index in [9.17, 15) is 4.39 Å². The van der Waals surface area contributed by atoms with Gasteiger partial charge < -0.3 is 5.32 Å². The number of hydrogen-bond donors (Lipinski definition) is 1. The van der Waals surface area contributed by atoms with E-state index in [1.807, 2.05) is 30.1 Å². The lowest BCUT2D eigenvalue weighted by atomic mass is 9.91. The highest BCUT2D eigenvalue weighted by Crippen LogP contribution is 2.32. The van der Waals surface area contributed by atoms with E-state index < -0.39 is 0 Å². The van der Waals surface area contributed by atoms with Gasteiger partial charge in [-0.15, -0.1) is 0 Å². The van der Waals surface area contributed by atoms with E-state index in [-0.39, 0.29) is 5.82 Å². The quantitative estimate of drug-likeness (QED) is 0.898. The summed E-state index contributed by atoms with van der Waals surface area (Å²) in [6.45, 7) is 2.09. The SMILES string of the molecule is Cn1ncc(-c2ccc(F)cc2)c1C1CCCNC1. The van der Waals surface area contributed by atoms with Crippen LogP contribution in [0.3, 0.4) is 0 Å². The Kier molecular flexibility index (Phi) is 3.34. The molecule has 1 aromatic carbocycles. The molecule has 1 unspecified atom stereocenters. The molecule has 0 radical (unpaired) electrons. The number of aryl methyl sites for hydroxylation is 1. The van der Waals surface area contributed by atoms with Crippen LogP contribution >= 0.6 is 0 Å². The second kappa shape index (κ2) is 5.13. The van der Waals surface area contributed by atoms with Crippen molar-refractivity contribution in [3.05, 3.63) is 42.0 Å². The van der Waals surface area contributed by atoms with Gasteiger partial charge in [-0.1, -0.05) is 12.1 Å². The van der Waals surface area contributed by atoms with Gasteiger partial charge in [0.15, 0.2) is 0 Å². The van der Waals surface area contributed by atoms with Crippen molar-refractivity contribution >= 4 is 0 Å². The van der Waals surface area contributed by atoms with Crippen LogP contribution in [0.5, 0.6) is 0 Å². The zero-order valence-corrected chi connectivity index (χ0v) is 11.1. The second-order valence-corrected chi connectivity index (χ2v) is 5.12. The van der Waals surface area contributed by atoms with Crippen molar-refractivity contribution in [1.82, 2.24) is 15.1 Å². The Bertz CT molecular complexity index is 553. The molecule has 3 rings (SSSR count). The summed E-state index contributed by atoms with van der Waals surface area (Å²) in [5.74, 6) is 0.287. The first-order valence-corrected chi connectivity index (χ1v) is 6.74. The highest BCUT2D eigenvalue weighted by Gasteiger charge is 2.22. The maximum atomic E-state index is 13.0. The molecule has 1 aromatic heterocycles. The van der Waals surface area contributed by atoms with Crippen molar-refractivity contribution in [3.8, 4) is 11.1 Å². The van der Waals surface area contributed by atoms with Crippen LogP contribution < -0.4 is 5.32 Å². The van der Waals surface area contributed by atoms with Gasteiger partial charge in [0.25, 0.3) is 0 Å². The number of benzene rings is 1. The molecule has 0 saturated carbocycles. The fourth-order valence-corrected chi connectivity index (χ4v) is 2.87. The number of nitrogens with one attached hydrogen (secondary N) is 1. The highest BCUT2D eigenvalue weighted by molar-refractivity contribution is 5.66. The number of aromatic nitrogens is 2. The smallest absolute Gasteiger partial charge is 0.123 e. The van der Waals surface area contributed by atoms with Gasteiger partial charge in [0, 0.05) is 25.1 Å². The molecule has 1 fully saturated rings. The molecule has 1 N–H and O–H groups in total. The third-order valence-electron chi connectivity index (χ3n) is 3.82. The molecule has 100 valence electrons. The van der Waals surface area contributed by atoms with Crippen LogP contribution in [0.4, 0.5) is 4.39 Å². The highest BCUT2D eigenvalue weighted by atomic mass is 19.1. The summed E-state index contributed by atoms with van der Waals surface area (Å²) in [5, 5.41) is 7.82. The zero-order chi connectivity index (χ0) is 13.2. The Hall–Kier alpha value is -1.68. The van der Waals surface area contributed by atoms with Crippen LogP contribution in [0, 0.1) is 5.82 Å². The molecule has 0 amide bonds. The molecule has 0 aliphatic carbocycles. The van der Waals surface area contributed by atoms with E-state index >= 15 is 0 Å². The molecule has 1 saturated heterocycles. The summed E-state index contributed by atoms with van der Waals surface area (Å²) in [6, 6.07) is 6.66. The molecular formula is C15H18FN3. The first-order chi connectivity index (χ1) is 9.25. The van der Waals surface area contributed by atoms with Crippen LogP contribution in [0.2, 0.25) is 0 Å². The number of nitrogens with zero attached hydrogens (tertiary/aromatic N) is 2. The minimum absolute atomic E-state index is 0.200. The van der Waals surface area contributed by atoms with E-state index in [1.165, 1.54) is 30.7 Å². The Labute approximate surface area is 112 Å². The lowest BCUT2D eigenvalue weighted by Gasteiger charge is -2.24. The van der Waals surface area contributed by atoms with Crippen molar-refractivity contribution < 1.29 is 4.39 Å². The van der Waals surface area contributed by atoms with Crippen LogP contribution in [0.15, 0.2) is 30.5 Å². The maximum Gasteiger partial charge on any atom is 0.123 e. The van der Waals surface area contributed by atoms with Crippen LogP contribution in [0.1, 0.15) is 24.5 Å². The van der Waals surface area contributed by atoms with Crippen molar-refractivity contribution in [3.63, 3.8) is 0 Å². The normalized spacial score (nSPS) is 19.6. The second-order valence-electron chi connectivity index (χ2n) is 5.12. The fourth-order valence-electron chi connectivity index (χ4n) is 2.87. The van der Waals surface area contributed by atoms with E-state index in [1.54, 1.807) is 0 Å². The van der Waals surface area contributed by atoms with Crippen molar-refractivity contribution in [1.29, 1.82) is 0 Å². The van der Waals surface area contributed by atoms with Gasteiger partial charge >= 0.3 is 0 Å². The summed E-state index contributed by atoms with van der Waals surface area (Å²) in [7, 11) is 1.98. The minimum atomic E-state index is -0.200. The fraction of sp³-hybridized carbons (Fsp3) is 0.400. The maximum absolute atomic E-state index is 13.0. The average Bonchev–Trinajstić information content (AvgIpc) is 2.82. The van der Waals surface area contributed by atoms with Crippen LogP contribution in [-0.4, -0.2) is 22.9 Å². The molecule has 3 nitrogen and oxygen atoms in total. The van der Waals surface area contributed by atoms with Gasteiger partial charge in [0.1, 0.15) is 5.82 Å². The first-order valence-electron chi connectivity index (χ1n) is 6.74. The molecular weight excluding hydrogens is 241 g/mol. The molecule has 0 bridgehead atoms. The standard InChI is InChI=1S/C15H18FN3/c1-19-15(12-3-2-8-17-9-12)14(10-18-19)11-4-6-13(16)7-5-11/h4-7,10,12,17H,2-3,8-9H2,1H3. The number of halogens is 1. The molecule has 2 aromatic rings. The predicted molar refractivity (Wildman–Crippen MR) is 73.4 cm³/mol. The van der Waals surface area contributed by atoms with Crippen molar-refractivity contribution in [2.75, 3.05) is 13.1 Å². The topological polar surface area (TPSA) is 29.9 Å². The van der Waals surface area contributed by atoms with Gasteiger partial charge in [-0.2, -0.15) is 5.10 Å². The Morgan fingerprint density at radius 2 is 2.11 bits per heavy atom. The third kappa shape index (κ3) is 2.40. The summed E-state index contributed by atoms with van der Waals surface area (Å²) in [6.07, 6.45) is 4.26. The third-order valence-corrected chi connectivity index (χ3v) is 3.82. The first kappa shape index (κ1) is 12.4. The molecule has 19 heavy (non-hydrogen) atoms. The van der Waals surface area contributed by atoms with Crippen LogP contribution in [-0.2, 0) is 7.05 Å². The summed E-state index contributed by atoms with van der Waals surface area (Å²) < 4.78 is 15.0. The minimum Gasteiger partial charge on any atom is -0.316 e. The van der Waals surface area contributed by atoms with Crippen LogP contribution in [0.25, 0.3) is 11.1 Å². The molecule has 4 heteroatoms. The van der Waals surface area contributed by atoms with E-state index in [2.05, 4.69) is 10.4 Å². The van der Waals surface area contributed by atoms with E-state index in [4.69, 9.17) is 0 Å². The largest absolute Gasteiger partial charge is 0.316 e. The lowest BCUT2D eigenvalue weighted by molar-refractivity contribution is 0.442. The van der Waals surface area contributed by atoms with Gasteiger partial charge in [-0.25, -0.2) is 4.39 Å². The number of rotatable bonds is 2. The Balaban J connectivity index is 1.99. The van der Waals surface area contributed by atoms with Gasteiger partial charge in [0.05, 0.1) is 11.9 Å². The monoisotopic (exact) mass is 259 g/mol. The van der Waals surface area contributed by atoms with E-state index in [0.29, 0.717) is 5.92 Å². The lowest BCUT2D eigenvalue weighted by Crippen LogP contribution is -2.29. The average molecular weight is 259 g/mol. The zero-order valence-electron chi connectivity index (χ0n) is 11.1. The van der Waals surface area contributed by atoms with Gasteiger partial charge in [-0.3, -0.25) is 4.68 Å². The van der Waals surface area contributed by atoms with Gasteiger partial charge in [-0.05, 0) is 37.1 Å². The van der Waals surface area contributed by atoms with E-state index in [0.717, 1.165) is 24.2 Å². The predicted octanol–water partition coefficient (Wildman–Crippen LogP) is 2.69. The Morgan fingerprint density at radius 3 is 2.79 bits per heavy atom. The molecule has 1 atom stereocenters.